The van der Waals surface area contributed by atoms with E-state index < -0.39 is 5.95 Å². The molecule has 2 aromatic heterocycles. The van der Waals surface area contributed by atoms with Crippen LogP contribution in [0.2, 0.25) is 0 Å². The van der Waals surface area contributed by atoms with Crippen molar-refractivity contribution < 1.29 is 4.39 Å². The molecule has 0 aliphatic carbocycles. The summed E-state index contributed by atoms with van der Waals surface area (Å²) in [6.07, 6.45) is 1.94. The molecule has 2 aromatic rings. The van der Waals surface area contributed by atoms with Crippen LogP contribution >= 0.6 is 0 Å². The van der Waals surface area contributed by atoms with E-state index in [9.17, 15) is 4.39 Å². The van der Waals surface area contributed by atoms with Crippen LogP contribution in [0.1, 0.15) is 18.6 Å². The largest absolute Gasteiger partial charge is 0.363 e. The lowest BCUT2D eigenvalue weighted by Crippen LogP contribution is -2.03. The fourth-order valence-electron chi connectivity index (χ4n) is 1.18. The molecule has 0 saturated carbocycles. The van der Waals surface area contributed by atoms with Gasteiger partial charge in [-0.05, 0) is 0 Å². The maximum atomic E-state index is 12.7. The van der Waals surface area contributed by atoms with Gasteiger partial charge in [-0.3, -0.25) is 5.10 Å². The molecule has 2 heterocycles. The van der Waals surface area contributed by atoms with Gasteiger partial charge in [-0.15, -0.1) is 0 Å². The molecule has 84 valence electrons. The number of aryl methyl sites for hydroxylation is 1. The van der Waals surface area contributed by atoms with Crippen LogP contribution in [0.25, 0.3) is 0 Å². The maximum Gasteiger partial charge on any atom is 0.217 e. The Morgan fingerprint density at radius 1 is 1.44 bits per heavy atom. The smallest absolute Gasteiger partial charge is 0.217 e. The Hall–Kier alpha value is -2.05. The van der Waals surface area contributed by atoms with Gasteiger partial charge in [-0.2, -0.15) is 9.49 Å². The Labute approximate surface area is 91.4 Å². The molecule has 2 N–H and O–H groups in total. The lowest BCUT2D eigenvalue weighted by molar-refractivity contribution is 0.580. The Kier molecular flexibility index (Phi) is 3.04. The summed E-state index contributed by atoms with van der Waals surface area (Å²) >= 11 is 0. The predicted octanol–water partition coefficient (Wildman–Crippen LogP) is 0.908. The first-order chi connectivity index (χ1) is 7.78. The van der Waals surface area contributed by atoms with Crippen molar-refractivity contribution in [1.82, 2.24) is 25.1 Å². The minimum absolute atomic E-state index is 0.418. The summed E-state index contributed by atoms with van der Waals surface area (Å²) < 4.78 is 12.7. The summed E-state index contributed by atoms with van der Waals surface area (Å²) in [6.45, 7) is 2.39. The van der Waals surface area contributed by atoms with Crippen LogP contribution < -0.4 is 5.32 Å². The average molecular weight is 222 g/mol. The number of nitrogens with one attached hydrogen (secondary N) is 2. The van der Waals surface area contributed by atoms with E-state index in [2.05, 4.69) is 30.5 Å². The number of rotatable bonds is 4. The first kappa shape index (κ1) is 10.5. The SMILES string of the molecule is CCc1n[nH]c(CNc2cc(F)ncn2)n1. The standard InChI is InChI=1S/C9H11FN6/c1-2-7-14-9(16-15-7)4-11-8-3-6(10)12-5-13-8/h3,5H,2,4H2,1H3,(H,11,12,13)(H,14,15,16). The van der Waals surface area contributed by atoms with Crippen molar-refractivity contribution in [3.63, 3.8) is 0 Å². The van der Waals surface area contributed by atoms with Crippen LogP contribution in [0.3, 0.4) is 0 Å². The predicted molar refractivity (Wildman–Crippen MR) is 55.1 cm³/mol. The number of nitrogens with zero attached hydrogens (tertiary/aromatic N) is 4. The zero-order valence-corrected chi connectivity index (χ0v) is 8.74. The fourth-order valence-corrected chi connectivity index (χ4v) is 1.18. The second-order valence-electron chi connectivity index (χ2n) is 3.13. The highest BCUT2D eigenvalue weighted by atomic mass is 19.1. The van der Waals surface area contributed by atoms with E-state index in [0.29, 0.717) is 18.2 Å². The Morgan fingerprint density at radius 3 is 3.00 bits per heavy atom. The highest BCUT2D eigenvalue weighted by Crippen LogP contribution is 2.03. The quantitative estimate of drug-likeness (QED) is 0.751. The highest BCUT2D eigenvalue weighted by Gasteiger charge is 2.02. The summed E-state index contributed by atoms with van der Waals surface area (Å²) in [7, 11) is 0. The molecule has 0 unspecified atom stereocenters. The van der Waals surface area contributed by atoms with Gasteiger partial charge in [-0.1, -0.05) is 6.92 Å². The van der Waals surface area contributed by atoms with Crippen LogP contribution in [0.5, 0.6) is 0 Å². The number of aromatic nitrogens is 5. The third kappa shape index (κ3) is 2.50. The Morgan fingerprint density at radius 2 is 2.31 bits per heavy atom. The number of hydrogen-bond donors (Lipinski definition) is 2. The van der Waals surface area contributed by atoms with E-state index in [1.54, 1.807) is 0 Å². The van der Waals surface area contributed by atoms with Crippen LogP contribution in [0, 0.1) is 5.95 Å². The van der Waals surface area contributed by atoms with Crippen molar-refractivity contribution in [3.05, 3.63) is 30.0 Å². The number of hydrogen-bond acceptors (Lipinski definition) is 5. The normalized spacial score (nSPS) is 10.4. The van der Waals surface area contributed by atoms with E-state index in [1.165, 1.54) is 6.07 Å². The van der Waals surface area contributed by atoms with E-state index in [0.717, 1.165) is 18.6 Å². The summed E-state index contributed by atoms with van der Waals surface area (Å²) in [5.74, 6) is 1.30. The van der Waals surface area contributed by atoms with Gasteiger partial charge in [0.1, 0.15) is 18.0 Å². The molecule has 0 aliphatic heterocycles. The van der Waals surface area contributed by atoms with Gasteiger partial charge in [0.15, 0.2) is 5.82 Å². The molecule has 16 heavy (non-hydrogen) atoms. The van der Waals surface area contributed by atoms with E-state index in [4.69, 9.17) is 0 Å². The molecular formula is C9H11FN6. The number of aromatic amines is 1. The van der Waals surface area contributed by atoms with Gasteiger partial charge in [-0.25, -0.2) is 15.0 Å². The van der Waals surface area contributed by atoms with E-state index in [-0.39, 0.29) is 0 Å². The minimum atomic E-state index is -0.565. The number of anilines is 1. The molecule has 0 radical (unpaired) electrons. The average Bonchev–Trinajstić information content (AvgIpc) is 2.74. The summed E-state index contributed by atoms with van der Waals surface area (Å²) in [5, 5.41) is 9.68. The highest BCUT2D eigenvalue weighted by molar-refractivity contribution is 5.32. The van der Waals surface area contributed by atoms with Crippen molar-refractivity contribution in [1.29, 1.82) is 0 Å². The van der Waals surface area contributed by atoms with Gasteiger partial charge >= 0.3 is 0 Å². The number of H-pyrrole nitrogens is 1. The molecule has 0 aliphatic rings. The second kappa shape index (κ2) is 4.65. The summed E-state index contributed by atoms with van der Waals surface area (Å²) in [6, 6.07) is 1.22. The molecule has 0 atom stereocenters. The Balaban J connectivity index is 1.96. The summed E-state index contributed by atoms with van der Waals surface area (Å²) in [4.78, 5) is 11.4. The maximum absolute atomic E-state index is 12.7. The van der Waals surface area contributed by atoms with Crippen LogP contribution in [0.15, 0.2) is 12.4 Å². The topological polar surface area (TPSA) is 79.4 Å². The Bertz CT molecular complexity index is 469. The molecule has 2 rings (SSSR count). The third-order valence-electron chi connectivity index (χ3n) is 1.96. The van der Waals surface area contributed by atoms with Gasteiger partial charge in [0.25, 0.3) is 0 Å². The van der Waals surface area contributed by atoms with Crippen LogP contribution in [-0.2, 0) is 13.0 Å². The van der Waals surface area contributed by atoms with E-state index >= 15 is 0 Å². The lowest BCUT2D eigenvalue weighted by Gasteiger charge is -2.01. The monoisotopic (exact) mass is 222 g/mol. The first-order valence-corrected chi connectivity index (χ1v) is 4.89. The van der Waals surface area contributed by atoms with Crippen molar-refractivity contribution >= 4 is 5.82 Å². The fraction of sp³-hybridized carbons (Fsp3) is 0.333. The zero-order chi connectivity index (χ0) is 11.4. The van der Waals surface area contributed by atoms with Crippen molar-refractivity contribution in [2.75, 3.05) is 5.32 Å². The second-order valence-corrected chi connectivity index (χ2v) is 3.13. The zero-order valence-electron chi connectivity index (χ0n) is 8.74. The molecule has 0 bridgehead atoms. The molecular weight excluding hydrogens is 211 g/mol. The molecule has 0 fully saturated rings. The van der Waals surface area contributed by atoms with Crippen molar-refractivity contribution in [2.45, 2.75) is 19.9 Å². The molecule has 7 heteroatoms. The molecule has 0 amide bonds. The molecule has 0 spiro atoms. The van der Waals surface area contributed by atoms with Crippen LogP contribution in [-0.4, -0.2) is 25.1 Å². The number of halogens is 1. The van der Waals surface area contributed by atoms with Crippen LogP contribution in [0.4, 0.5) is 10.2 Å². The summed E-state index contributed by atoms with van der Waals surface area (Å²) in [5.41, 5.74) is 0. The third-order valence-corrected chi connectivity index (χ3v) is 1.96. The van der Waals surface area contributed by atoms with E-state index in [1.807, 2.05) is 6.92 Å². The van der Waals surface area contributed by atoms with Gasteiger partial charge in [0.2, 0.25) is 5.95 Å². The van der Waals surface area contributed by atoms with Gasteiger partial charge in [0, 0.05) is 12.5 Å². The lowest BCUT2D eigenvalue weighted by atomic mass is 10.5. The van der Waals surface area contributed by atoms with Crippen molar-refractivity contribution in [3.8, 4) is 0 Å². The molecule has 0 aromatic carbocycles. The van der Waals surface area contributed by atoms with Gasteiger partial charge < -0.3 is 5.32 Å². The first-order valence-electron chi connectivity index (χ1n) is 4.89. The minimum Gasteiger partial charge on any atom is -0.363 e. The van der Waals surface area contributed by atoms with Gasteiger partial charge in [0.05, 0.1) is 6.54 Å². The molecule has 6 nitrogen and oxygen atoms in total. The molecule has 0 saturated heterocycles. The van der Waals surface area contributed by atoms with Crippen molar-refractivity contribution in [2.24, 2.45) is 0 Å².